The average molecular weight is 238 g/mol. The molecule has 1 aromatic heterocycles. The number of nitrogens with zero attached hydrogens (tertiary/aromatic N) is 2. The van der Waals surface area contributed by atoms with Crippen molar-refractivity contribution < 1.29 is 5.11 Å². The maximum Gasteiger partial charge on any atom is 0.135 e. The van der Waals surface area contributed by atoms with Crippen molar-refractivity contribution in [2.45, 2.75) is 33.1 Å². The van der Waals surface area contributed by atoms with E-state index in [9.17, 15) is 0 Å². The highest BCUT2D eigenvalue weighted by Gasteiger charge is 2.07. The van der Waals surface area contributed by atoms with E-state index in [1.807, 2.05) is 6.07 Å². The molecule has 0 aliphatic carbocycles. The molecule has 3 N–H and O–H groups in total. The van der Waals surface area contributed by atoms with Gasteiger partial charge in [0, 0.05) is 25.1 Å². The first-order valence-electron chi connectivity index (χ1n) is 6.15. The minimum absolute atomic E-state index is 0.0960. The van der Waals surface area contributed by atoms with Crippen molar-refractivity contribution in [1.29, 1.82) is 0 Å². The Balaban J connectivity index is 2.84. The molecule has 0 aliphatic rings. The third-order valence-corrected chi connectivity index (χ3v) is 2.23. The van der Waals surface area contributed by atoms with E-state index in [-0.39, 0.29) is 12.5 Å². The predicted octanol–water partition coefficient (Wildman–Crippen LogP) is 1.83. The monoisotopic (exact) mass is 238 g/mol. The van der Waals surface area contributed by atoms with Crippen molar-refractivity contribution in [3.8, 4) is 0 Å². The Morgan fingerprint density at radius 2 is 1.76 bits per heavy atom. The summed E-state index contributed by atoms with van der Waals surface area (Å²) < 4.78 is 0. The summed E-state index contributed by atoms with van der Waals surface area (Å²) in [7, 11) is 0. The zero-order valence-corrected chi connectivity index (χ0v) is 10.8. The molecule has 1 rings (SSSR count). The minimum atomic E-state index is 0.0960. The SMILES string of the molecule is CCCNc1cc(NCCO)nc(C(C)C)n1. The van der Waals surface area contributed by atoms with E-state index in [0.29, 0.717) is 6.54 Å². The van der Waals surface area contributed by atoms with E-state index < -0.39 is 0 Å². The van der Waals surface area contributed by atoms with Crippen LogP contribution in [0, 0.1) is 0 Å². The van der Waals surface area contributed by atoms with E-state index in [0.717, 1.165) is 30.4 Å². The first-order chi connectivity index (χ1) is 8.17. The van der Waals surface area contributed by atoms with Gasteiger partial charge < -0.3 is 15.7 Å². The second-order valence-corrected chi connectivity index (χ2v) is 4.23. The lowest BCUT2D eigenvalue weighted by molar-refractivity contribution is 0.311. The van der Waals surface area contributed by atoms with Gasteiger partial charge in [0.2, 0.25) is 0 Å². The lowest BCUT2D eigenvalue weighted by Gasteiger charge is -2.12. The van der Waals surface area contributed by atoms with Gasteiger partial charge in [-0.05, 0) is 6.42 Å². The first-order valence-corrected chi connectivity index (χ1v) is 6.15. The first kappa shape index (κ1) is 13.7. The van der Waals surface area contributed by atoms with Crippen LogP contribution in [0.5, 0.6) is 0 Å². The summed E-state index contributed by atoms with van der Waals surface area (Å²) in [5.41, 5.74) is 0. The lowest BCUT2D eigenvalue weighted by atomic mass is 10.2. The van der Waals surface area contributed by atoms with E-state index in [4.69, 9.17) is 5.11 Å². The molecule has 0 bridgehead atoms. The summed E-state index contributed by atoms with van der Waals surface area (Å²) in [6.07, 6.45) is 1.06. The molecular weight excluding hydrogens is 216 g/mol. The normalized spacial score (nSPS) is 10.6. The van der Waals surface area contributed by atoms with Crippen molar-refractivity contribution in [2.75, 3.05) is 30.3 Å². The molecule has 96 valence electrons. The molecule has 0 aromatic carbocycles. The molecule has 1 heterocycles. The molecule has 1 aromatic rings. The highest BCUT2D eigenvalue weighted by Crippen LogP contribution is 2.16. The van der Waals surface area contributed by atoms with Gasteiger partial charge in [0.15, 0.2) is 0 Å². The summed E-state index contributed by atoms with van der Waals surface area (Å²) in [5, 5.41) is 15.1. The lowest BCUT2D eigenvalue weighted by Crippen LogP contribution is -2.11. The predicted molar refractivity (Wildman–Crippen MR) is 70.5 cm³/mol. The molecule has 0 saturated carbocycles. The molecule has 0 aliphatic heterocycles. The largest absolute Gasteiger partial charge is 0.395 e. The highest BCUT2D eigenvalue weighted by molar-refractivity contribution is 5.47. The third-order valence-electron chi connectivity index (χ3n) is 2.23. The maximum atomic E-state index is 8.80. The topological polar surface area (TPSA) is 70.1 Å². The molecule has 5 heteroatoms. The minimum Gasteiger partial charge on any atom is -0.395 e. The molecule has 0 unspecified atom stereocenters. The quantitative estimate of drug-likeness (QED) is 0.676. The van der Waals surface area contributed by atoms with Gasteiger partial charge in [-0.1, -0.05) is 20.8 Å². The van der Waals surface area contributed by atoms with Gasteiger partial charge in [-0.25, -0.2) is 9.97 Å². The number of nitrogens with one attached hydrogen (secondary N) is 2. The Labute approximate surface area is 103 Å². The van der Waals surface area contributed by atoms with E-state index in [2.05, 4.69) is 41.4 Å². The Bertz CT molecular complexity index is 315. The van der Waals surface area contributed by atoms with Crippen LogP contribution in [0.15, 0.2) is 6.07 Å². The summed E-state index contributed by atoms with van der Waals surface area (Å²) in [6.45, 7) is 7.74. The molecule has 0 saturated heterocycles. The van der Waals surface area contributed by atoms with Crippen LogP contribution in [-0.2, 0) is 0 Å². The Hall–Kier alpha value is -1.36. The molecule has 0 fully saturated rings. The summed E-state index contributed by atoms with van der Waals surface area (Å²) >= 11 is 0. The Kier molecular flexibility index (Phi) is 5.69. The molecule has 17 heavy (non-hydrogen) atoms. The Morgan fingerprint density at radius 1 is 1.18 bits per heavy atom. The summed E-state index contributed by atoms with van der Waals surface area (Å²) in [4.78, 5) is 8.86. The number of aromatic nitrogens is 2. The van der Waals surface area contributed by atoms with E-state index >= 15 is 0 Å². The fraction of sp³-hybridized carbons (Fsp3) is 0.667. The van der Waals surface area contributed by atoms with Crippen molar-refractivity contribution in [2.24, 2.45) is 0 Å². The number of anilines is 2. The van der Waals surface area contributed by atoms with Crippen LogP contribution in [-0.4, -0.2) is 34.8 Å². The zero-order chi connectivity index (χ0) is 12.7. The van der Waals surface area contributed by atoms with Gasteiger partial charge in [-0.2, -0.15) is 0 Å². The van der Waals surface area contributed by atoms with Gasteiger partial charge in [-0.3, -0.25) is 0 Å². The van der Waals surface area contributed by atoms with Gasteiger partial charge in [0.25, 0.3) is 0 Å². The summed E-state index contributed by atoms with van der Waals surface area (Å²) in [5.74, 6) is 2.70. The van der Waals surface area contributed by atoms with Gasteiger partial charge in [0.05, 0.1) is 6.61 Å². The van der Waals surface area contributed by atoms with E-state index in [1.54, 1.807) is 0 Å². The van der Waals surface area contributed by atoms with Crippen molar-refractivity contribution in [3.05, 3.63) is 11.9 Å². The second-order valence-electron chi connectivity index (χ2n) is 4.23. The molecule has 0 radical (unpaired) electrons. The van der Waals surface area contributed by atoms with Crippen LogP contribution in [0.1, 0.15) is 38.9 Å². The summed E-state index contributed by atoms with van der Waals surface area (Å²) in [6, 6.07) is 1.87. The van der Waals surface area contributed by atoms with Crippen LogP contribution in [0.25, 0.3) is 0 Å². The molecular formula is C12H22N4O. The van der Waals surface area contributed by atoms with Crippen LogP contribution in [0.3, 0.4) is 0 Å². The standard InChI is InChI=1S/C12H22N4O/c1-4-5-13-10-8-11(14-6-7-17)16-12(15-10)9(2)3/h8-9,17H,4-7H2,1-3H3,(H2,13,14,15,16). The van der Waals surface area contributed by atoms with Crippen molar-refractivity contribution in [1.82, 2.24) is 9.97 Å². The molecule has 0 atom stereocenters. The van der Waals surface area contributed by atoms with Crippen LogP contribution in [0.2, 0.25) is 0 Å². The van der Waals surface area contributed by atoms with Gasteiger partial charge >= 0.3 is 0 Å². The third kappa shape index (κ3) is 4.56. The zero-order valence-electron chi connectivity index (χ0n) is 10.8. The fourth-order valence-corrected chi connectivity index (χ4v) is 1.34. The van der Waals surface area contributed by atoms with Crippen LogP contribution in [0.4, 0.5) is 11.6 Å². The van der Waals surface area contributed by atoms with E-state index in [1.165, 1.54) is 0 Å². The molecule has 0 spiro atoms. The average Bonchev–Trinajstić information content (AvgIpc) is 2.33. The van der Waals surface area contributed by atoms with Crippen LogP contribution >= 0.6 is 0 Å². The van der Waals surface area contributed by atoms with Crippen molar-refractivity contribution >= 4 is 11.6 Å². The van der Waals surface area contributed by atoms with Gasteiger partial charge in [-0.15, -0.1) is 0 Å². The second kappa shape index (κ2) is 7.06. The number of hydrogen-bond donors (Lipinski definition) is 3. The number of rotatable bonds is 7. The highest BCUT2D eigenvalue weighted by atomic mass is 16.3. The number of hydrogen-bond acceptors (Lipinski definition) is 5. The number of aliphatic hydroxyl groups is 1. The molecule has 0 amide bonds. The van der Waals surface area contributed by atoms with Gasteiger partial charge in [0.1, 0.15) is 17.5 Å². The van der Waals surface area contributed by atoms with Crippen LogP contribution < -0.4 is 10.6 Å². The molecule has 5 nitrogen and oxygen atoms in total. The Morgan fingerprint density at radius 3 is 2.24 bits per heavy atom. The van der Waals surface area contributed by atoms with Crippen molar-refractivity contribution in [3.63, 3.8) is 0 Å². The fourth-order valence-electron chi connectivity index (χ4n) is 1.34. The smallest absolute Gasteiger partial charge is 0.135 e. The maximum absolute atomic E-state index is 8.80. The number of aliphatic hydroxyl groups excluding tert-OH is 1.